The Balaban J connectivity index is 0.768. The molecule has 3 aliphatic rings. The molecule has 1 saturated heterocycles. The lowest BCUT2D eigenvalue weighted by Crippen LogP contribution is -2.54. The molecule has 1 unspecified atom stereocenters. The Labute approximate surface area is 358 Å². The number of aromatic nitrogens is 4. The van der Waals surface area contributed by atoms with Gasteiger partial charge in [0.25, 0.3) is 17.7 Å². The van der Waals surface area contributed by atoms with Crippen molar-refractivity contribution in [1.82, 2.24) is 41.0 Å². The molecule has 0 radical (unpaired) electrons. The highest BCUT2D eigenvalue weighted by Gasteiger charge is 2.46. The summed E-state index contributed by atoms with van der Waals surface area (Å²) in [5.74, 6) is -1.25. The van der Waals surface area contributed by atoms with E-state index >= 15 is 0 Å². The van der Waals surface area contributed by atoms with E-state index in [0.29, 0.717) is 75.8 Å². The molecule has 62 heavy (non-hydrogen) atoms. The lowest BCUT2D eigenvalue weighted by atomic mass is 10.0. The fraction of sp³-hybridized carbons (Fsp3) is 0.409. The van der Waals surface area contributed by atoms with Crippen molar-refractivity contribution in [3.05, 3.63) is 88.4 Å². The third-order valence-corrected chi connectivity index (χ3v) is 10.7. The quantitative estimate of drug-likeness (QED) is 0.0485. The maximum absolute atomic E-state index is 13.2. The summed E-state index contributed by atoms with van der Waals surface area (Å²) in [7, 11) is 0. The fourth-order valence-corrected chi connectivity index (χ4v) is 7.33. The summed E-state index contributed by atoms with van der Waals surface area (Å²) >= 11 is 0. The number of hydrogen-bond acceptors (Lipinski definition) is 13. The molecule has 4 aromatic rings. The maximum Gasteiger partial charge on any atom is 0.266 e. The highest BCUT2D eigenvalue weighted by Crippen LogP contribution is 2.39. The Kier molecular flexibility index (Phi) is 14.1. The van der Waals surface area contributed by atoms with Crippen LogP contribution in [0.1, 0.15) is 113 Å². The van der Waals surface area contributed by atoms with E-state index in [2.05, 4.69) is 53.9 Å². The molecule has 1 saturated carbocycles. The molecule has 2 fully saturated rings. The van der Waals surface area contributed by atoms with E-state index in [1.165, 1.54) is 31.0 Å². The minimum absolute atomic E-state index is 0.00995. The summed E-state index contributed by atoms with van der Waals surface area (Å²) in [6, 6.07) is 17.1. The zero-order valence-electron chi connectivity index (χ0n) is 34.3. The summed E-state index contributed by atoms with van der Waals surface area (Å²) in [6.07, 6.45) is 7.41. The number of H-pyrrole nitrogens is 1. The monoisotopic (exact) mass is 843 g/mol. The number of unbranched alkanes of at least 4 members (excludes halogenated alkanes) is 3. The van der Waals surface area contributed by atoms with Crippen LogP contribution in [-0.2, 0) is 32.0 Å². The molecule has 2 aliphatic heterocycles. The number of ether oxygens (including phenoxy) is 1. The number of nitrogens with one attached hydrogen (secondary N) is 6. The second-order valence-electron chi connectivity index (χ2n) is 15.6. The normalized spacial score (nSPS) is 15.7. The summed E-state index contributed by atoms with van der Waals surface area (Å²) < 4.78 is 5.63. The number of aromatic amines is 1. The molecule has 0 spiro atoms. The van der Waals surface area contributed by atoms with Gasteiger partial charge in [0.1, 0.15) is 17.6 Å². The molecule has 6 N–H and O–H groups in total. The van der Waals surface area contributed by atoms with Crippen LogP contribution in [0.25, 0.3) is 0 Å². The van der Waals surface area contributed by atoms with Crippen LogP contribution in [0.3, 0.4) is 0 Å². The molecular weight excluding hydrogens is 795 g/mol. The SMILES string of the molecule is N#CCc1ccc(Nc2nc(Cc3cc(C4CC4)n[nH]3)cc(NCCCNC(=O)CCCCCCNC(=O)COc3cccc4c3C(=O)N(C3CCC(=O)NC3=O)C4=O)n2)cc1. The predicted octanol–water partition coefficient (Wildman–Crippen LogP) is 3.94. The van der Waals surface area contributed by atoms with Crippen LogP contribution in [0.2, 0.25) is 0 Å². The first-order valence-corrected chi connectivity index (χ1v) is 21.0. The van der Waals surface area contributed by atoms with Gasteiger partial charge in [-0.3, -0.25) is 44.1 Å². The molecule has 7 rings (SSSR count). The van der Waals surface area contributed by atoms with E-state index in [0.717, 1.165) is 46.1 Å². The Morgan fingerprint density at radius 1 is 0.871 bits per heavy atom. The van der Waals surface area contributed by atoms with E-state index < -0.39 is 35.6 Å². The zero-order chi connectivity index (χ0) is 43.4. The van der Waals surface area contributed by atoms with Crippen LogP contribution >= 0.6 is 0 Å². The molecule has 1 aliphatic carbocycles. The van der Waals surface area contributed by atoms with Gasteiger partial charge in [-0.05, 0) is 74.4 Å². The largest absolute Gasteiger partial charge is 0.483 e. The number of carbonyl (C=O) groups excluding carboxylic acids is 6. The minimum Gasteiger partial charge on any atom is -0.483 e. The first-order chi connectivity index (χ1) is 30.1. The number of fused-ring (bicyclic) bond motifs is 1. The molecule has 2 aromatic carbocycles. The van der Waals surface area contributed by atoms with E-state index in [-0.39, 0.29) is 42.2 Å². The summed E-state index contributed by atoms with van der Waals surface area (Å²) in [5, 5.41) is 31.2. The van der Waals surface area contributed by atoms with Gasteiger partial charge in [-0.1, -0.05) is 31.0 Å². The van der Waals surface area contributed by atoms with Crippen molar-refractivity contribution in [3.63, 3.8) is 0 Å². The molecule has 2 aromatic heterocycles. The van der Waals surface area contributed by atoms with Crippen molar-refractivity contribution in [1.29, 1.82) is 5.26 Å². The van der Waals surface area contributed by atoms with Gasteiger partial charge >= 0.3 is 0 Å². The summed E-state index contributed by atoms with van der Waals surface area (Å²) in [5.41, 5.74) is 4.68. The number of imide groups is 2. The number of rotatable bonds is 22. The van der Waals surface area contributed by atoms with Gasteiger partial charge in [-0.2, -0.15) is 15.3 Å². The predicted molar refractivity (Wildman–Crippen MR) is 225 cm³/mol. The highest BCUT2D eigenvalue weighted by molar-refractivity contribution is 6.24. The van der Waals surface area contributed by atoms with Gasteiger partial charge < -0.3 is 26.0 Å². The minimum atomic E-state index is -1.10. The van der Waals surface area contributed by atoms with E-state index in [1.807, 2.05) is 30.3 Å². The van der Waals surface area contributed by atoms with Crippen molar-refractivity contribution < 1.29 is 33.5 Å². The standard InChI is InChI=1S/C44H49N11O7/c45-19-18-27-10-14-29(15-11-27)49-44-50-30(23-31-24-33(54-53-31)28-12-13-28)25-36(51-44)46-21-6-22-47-37(56)9-3-1-2-4-20-48-39(58)26-62-35-8-5-7-32-40(35)43(61)55(42(32)60)34-16-17-38(57)52-41(34)59/h5,7-8,10-11,14-15,24-25,28,34H,1-4,6,9,12-13,16-18,20-23,26H2,(H,47,56)(H,48,58)(H,53,54)(H,52,57,59)(H2,46,49,50,51). The van der Waals surface area contributed by atoms with Gasteiger partial charge in [0.05, 0.1) is 35.0 Å². The van der Waals surface area contributed by atoms with Crippen molar-refractivity contribution in [2.45, 2.75) is 89.0 Å². The molecule has 6 amide bonds. The smallest absolute Gasteiger partial charge is 0.266 e. The number of amides is 6. The Bertz CT molecular complexity index is 2350. The first kappa shape index (κ1) is 42.9. The fourth-order valence-electron chi connectivity index (χ4n) is 7.33. The summed E-state index contributed by atoms with van der Waals surface area (Å²) in [4.78, 5) is 85.4. The topological polar surface area (TPSA) is 253 Å². The number of benzene rings is 2. The van der Waals surface area contributed by atoms with Crippen LogP contribution < -0.4 is 31.3 Å². The Morgan fingerprint density at radius 3 is 2.45 bits per heavy atom. The lowest BCUT2D eigenvalue weighted by Gasteiger charge is -2.27. The van der Waals surface area contributed by atoms with Crippen molar-refractivity contribution in [2.24, 2.45) is 0 Å². The second kappa shape index (κ2) is 20.4. The van der Waals surface area contributed by atoms with Crippen LogP contribution in [0.15, 0.2) is 54.6 Å². The van der Waals surface area contributed by atoms with E-state index in [9.17, 15) is 28.8 Å². The van der Waals surface area contributed by atoms with Crippen molar-refractivity contribution in [3.8, 4) is 11.8 Å². The molecule has 4 heterocycles. The molecule has 0 bridgehead atoms. The molecular formula is C44H49N11O7. The lowest BCUT2D eigenvalue weighted by molar-refractivity contribution is -0.136. The van der Waals surface area contributed by atoms with Gasteiger partial charge in [0.2, 0.25) is 23.7 Å². The number of hydrogen-bond donors (Lipinski definition) is 6. The number of anilines is 3. The van der Waals surface area contributed by atoms with E-state index in [1.54, 1.807) is 0 Å². The van der Waals surface area contributed by atoms with Crippen molar-refractivity contribution >= 4 is 52.9 Å². The first-order valence-electron chi connectivity index (χ1n) is 21.0. The van der Waals surface area contributed by atoms with Crippen molar-refractivity contribution in [2.75, 3.05) is 36.9 Å². The number of piperidine rings is 1. The second-order valence-corrected chi connectivity index (χ2v) is 15.6. The van der Waals surface area contributed by atoms with Crippen LogP contribution in [0, 0.1) is 11.3 Å². The van der Waals surface area contributed by atoms with Gasteiger partial charge in [0, 0.05) is 62.3 Å². The Hall–Kier alpha value is -7.16. The Morgan fingerprint density at radius 2 is 1.66 bits per heavy atom. The van der Waals surface area contributed by atoms with Gasteiger partial charge in [-0.25, -0.2) is 4.98 Å². The zero-order valence-corrected chi connectivity index (χ0v) is 34.3. The highest BCUT2D eigenvalue weighted by atomic mass is 16.5. The summed E-state index contributed by atoms with van der Waals surface area (Å²) in [6.45, 7) is 1.12. The molecule has 18 nitrogen and oxygen atoms in total. The maximum atomic E-state index is 13.2. The van der Waals surface area contributed by atoms with Crippen LogP contribution in [0.5, 0.6) is 5.75 Å². The van der Waals surface area contributed by atoms with Gasteiger partial charge in [0.15, 0.2) is 6.61 Å². The molecule has 18 heteroatoms. The van der Waals surface area contributed by atoms with Gasteiger partial charge in [-0.15, -0.1) is 0 Å². The number of nitrogens with zero attached hydrogens (tertiary/aromatic N) is 5. The molecule has 322 valence electrons. The average Bonchev–Trinajstić information content (AvgIpc) is 3.95. The number of carbonyl (C=O) groups is 6. The third-order valence-electron chi connectivity index (χ3n) is 10.7. The van der Waals surface area contributed by atoms with Crippen LogP contribution in [0.4, 0.5) is 17.5 Å². The molecule has 1 atom stereocenters. The average molecular weight is 844 g/mol. The van der Waals surface area contributed by atoms with E-state index in [4.69, 9.17) is 15.0 Å². The van der Waals surface area contributed by atoms with Crippen LogP contribution in [-0.4, -0.2) is 92.8 Å². The third kappa shape index (κ3) is 11.4. The number of nitriles is 1.